The monoisotopic (exact) mass is 358 g/mol. The van der Waals surface area contributed by atoms with Gasteiger partial charge in [-0.15, -0.1) is 0 Å². The van der Waals surface area contributed by atoms with Gasteiger partial charge >= 0.3 is 0 Å². The Morgan fingerprint density at radius 3 is 2.15 bits per heavy atom. The van der Waals surface area contributed by atoms with E-state index >= 15 is 0 Å². The highest BCUT2D eigenvalue weighted by molar-refractivity contribution is 9.10. The fourth-order valence-electron chi connectivity index (χ4n) is 1.92. The molecule has 2 aromatic carbocycles. The van der Waals surface area contributed by atoms with Crippen LogP contribution >= 0.6 is 27.5 Å². The van der Waals surface area contributed by atoms with Crippen molar-refractivity contribution in [1.82, 2.24) is 0 Å². The summed E-state index contributed by atoms with van der Waals surface area (Å²) in [6.07, 6.45) is 0. The second-order valence-electron chi connectivity index (χ2n) is 4.49. The molecule has 0 aliphatic carbocycles. The smallest absolute Gasteiger partial charge is 0.199 e. The molecule has 0 aliphatic heterocycles. The number of ketones is 1. The molecule has 5 heteroatoms. The number of halogens is 4. The van der Waals surface area contributed by atoms with Gasteiger partial charge < -0.3 is 0 Å². The molecule has 0 heterocycles. The molecule has 0 amide bonds. The normalized spacial score (nSPS) is 10.7. The maximum Gasteiger partial charge on any atom is 0.199 e. The van der Waals surface area contributed by atoms with Crippen molar-refractivity contribution in [2.24, 2.45) is 0 Å². The molecule has 2 rings (SSSR count). The van der Waals surface area contributed by atoms with E-state index in [4.69, 9.17) is 11.6 Å². The summed E-state index contributed by atoms with van der Waals surface area (Å²) in [5, 5.41) is 0.510. The van der Waals surface area contributed by atoms with E-state index in [1.807, 2.05) is 0 Å². The van der Waals surface area contributed by atoms with Crippen LogP contribution in [0, 0.1) is 25.5 Å². The van der Waals surface area contributed by atoms with Crippen LogP contribution in [0.4, 0.5) is 8.78 Å². The van der Waals surface area contributed by atoms with Crippen LogP contribution < -0.4 is 0 Å². The van der Waals surface area contributed by atoms with Gasteiger partial charge in [0.05, 0.1) is 5.56 Å². The largest absolute Gasteiger partial charge is 0.288 e. The zero-order chi connectivity index (χ0) is 15.0. The van der Waals surface area contributed by atoms with E-state index in [9.17, 15) is 13.6 Å². The fourth-order valence-corrected chi connectivity index (χ4v) is 2.54. The van der Waals surface area contributed by atoms with E-state index in [2.05, 4.69) is 15.9 Å². The Hall–Kier alpha value is -1.26. The molecule has 20 heavy (non-hydrogen) atoms. The lowest BCUT2D eigenvalue weighted by Crippen LogP contribution is -2.09. The van der Waals surface area contributed by atoms with Gasteiger partial charge in [0.15, 0.2) is 5.78 Å². The summed E-state index contributed by atoms with van der Waals surface area (Å²) in [7, 11) is 0. The van der Waals surface area contributed by atoms with Crippen LogP contribution in [0.5, 0.6) is 0 Å². The van der Waals surface area contributed by atoms with Crippen molar-refractivity contribution < 1.29 is 13.6 Å². The van der Waals surface area contributed by atoms with Gasteiger partial charge in [-0.1, -0.05) is 27.5 Å². The Morgan fingerprint density at radius 1 is 1.05 bits per heavy atom. The van der Waals surface area contributed by atoms with Crippen molar-refractivity contribution in [1.29, 1.82) is 0 Å². The zero-order valence-electron chi connectivity index (χ0n) is 10.7. The third-order valence-electron chi connectivity index (χ3n) is 2.98. The van der Waals surface area contributed by atoms with Gasteiger partial charge in [0.1, 0.15) is 11.6 Å². The second-order valence-corrected chi connectivity index (χ2v) is 5.81. The van der Waals surface area contributed by atoms with Gasteiger partial charge in [-0.3, -0.25) is 4.79 Å². The number of benzene rings is 2. The van der Waals surface area contributed by atoms with E-state index in [0.29, 0.717) is 16.1 Å². The quantitative estimate of drug-likeness (QED) is 0.671. The fraction of sp³-hybridized carbons (Fsp3) is 0.133. The van der Waals surface area contributed by atoms with E-state index in [1.54, 1.807) is 26.0 Å². The summed E-state index contributed by atoms with van der Waals surface area (Å²) in [4.78, 5) is 12.3. The lowest BCUT2D eigenvalue weighted by molar-refractivity contribution is 0.103. The predicted molar refractivity (Wildman–Crippen MR) is 78.4 cm³/mol. The number of carbonyl (C=O) groups is 1. The Morgan fingerprint density at radius 2 is 1.60 bits per heavy atom. The summed E-state index contributed by atoms with van der Waals surface area (Å²) in [6.45, 7) is 3.40. The highest BCUT2D eigenvalue weighted by Gasteiger charge is 2.21. The maximum atomic E-state index is 13.8. The lowest BCUT2D eigenvalue weighted by atomic mass is 9.96. The molecule has 104 valence electrons. The second kappa shape index (κ2) is 5.62. The van der Waals surface area contributed by atoms with Crippen LogP contribution in [0.15, 0.2) is 28.7 Å². The van der Waals surface area contributed by atoms with Crippen molar-refractivity contribution >= 4 is 33.3 Å². The molecule has 0 saturated carbocycles. The van der Waals surface area contributed by atoms with Crippen LogP contribution in [0.3, 0.4) is 0 Å². The maximum absolute atomic E-state index is 13.8. The Labute approximate surface area is 128 Å². The van der Waals surface area contributed by atoms with Gasteiger partial charge in [0.25, 0.3) is 0 Å². The SMILES string of the molecule is Cc1cc(C(=O)c2c(F)cc(Br)cc2F)c(C)cc1Cl. The van der Waals surface area contributed by atoms with Gasteiger partial charge in [-0.2, -0.15) is 0 Å². The third-order valence-corrected chi connectivity index (χ3v) is 3.85. The number of rotatable bonds is 2. The first-order valence-electron chi connectivity index (χ1n) is 5.77. The molecule has 0 fully saturated rings. The molecule has 0 aliphatic rings. The van der Waals surface area contributed by atoms with Crippen LogP contribution in [0.2, 0.25) is 5.02 Å². The first-order valence-corrected chi connectivity index (χ1v) is 6.94. The minimum Gasteiger partial charge on any atom is -0.288 e. The summed E-state index contributed by atoms with van der Waals surface area (Å²) in [5.74, 6) is -2.48. The standard InChI is InChI=1S/C15H10BrClF2O/c1-7-4-11(17)8(2)3-10(7)15(20)14-12(18)5-9(16)6-13(14)19/h3-6H,1-2H3. The molecule has 2 aromatic rings. The molecule has 1 nitrogen and oxygen atoms in total. The molecule has 0 bridgehead atoms. The van der Waals surface area contributed by atoms with Gasteiger partial charge in [-0.25, -0.2) is 8.78 Å². The molecule has 0 aromatic heterocycles. The Bertz CT molecular complexity index is 690. The predicted octanol–water partition coefficient (Wildman–Crippen LogP) is 5.23. The molecular weight excluding hydrogens is 350 g/mol. The highest BCUT2D eigenvalue weighted by atomic mass is 79.9. The van der Waals surface area contributed by atoms with Crippen LogP contribution in [-0.2, 0) is 0 Å². The summed E-state index contributed by atoms with van der Waals surface area (Å²) in [5.41, 5.74) is 0.941. The zero-order valence-corrected chi connectivity index (χ0v) is 13.1. The average molecular weight is 360 g/mol. The van der Waals surface area contributed by atoms with Gasteiger partial charge in [0, 0.05) is 15.1 Å². The minimum atomic E-state index is -0.895. The molecule has 0 atom stereocenters. The van der Waals surface area contributed by atoms with Crippen molar-refractivity contribution in [2.45, 2.75) is 13.8 Å². The molecule has 0 spiro atoms. The highest BCUT2D eigenvalue weighted by Crippen LogP contribution is 2.26. The van der Waals surface area contributed by atoms with E-state index < -0.39 is 23.0 Å². The summed E-state index contributed by atoms with van der Waals surface area (Å²) in [6, 6.07) is 5.28. The first-order chi connectivity index (χ1) is 9.31. The number of aryl methyl sites for hydroxylation is 2. The van der Waals surface area contributed by atoms with Crippen LogP contribution in [0.1, 0.15) is 27.0 Å². The first kappa shape index (κ1) is 15.1. The Kier molecular flexibility index (Phi) is 4.25. The number of carbonyl (C=O) groups excluding carboxylic acids is 1. The summed E-state index contributed by atoms with van der Waals surface area (Å²) >= 11 is 8.93. The topological polar surface area (TPSA) is 17.1 Å². The molecule has 0 radical (unpaired) electrons. The van der Waals surface area contributed by atoms with E-state index in [1.165, 1.54) is 0 Å². The van der Waals surface area contributed by atoms with Crippen molar-refractivity contribution in [3.8, 4) is 0 Å². The average Bonchev–Trinajstić information content (AvgIpc) is 2.32. The minimum absolute atomic E-state index is 0.243. The van der Waals surface area contributed by atoms with Crippen molar-refractivity contribution in [3.05, 3.63) is 67.6 Å². The van der Waals surface area contributed by atoms with Crippen molar-refractivity contribution in [2.75, 3.05) is 0 Å². The molecule has 0 saturated heterocycles. The number of hydrogen-bond acceptors (Lipinski definition) is 1. The Balaban J connectivity index is 2.61. The third kappa shape index (κ3) is 2.76. The van der Waals surface area contributed by atoms with Crippen LogP contribution in [0.25, 0.3) is 0 Å². The van der Waals surface area contributed by atoms with E-state index in [-0.39, 0.29) is 10.0 Å². The molecule has 0 N–H and O–H groups in total. The molecular formula is C15H10BrClF2O. The molecule has 0 unspecified atom stereocenters. The van der Waals surface area contributed by atoms with Gasteiger partial charge in [-0.05, 0) is 49.2 Å². The van der Waals surface area contributed by atoms with Crippen LogP contribution in [-0.4, -0.2) is 5.78 Å². The van der Waals surface area contributed by atoms with E-state index in [0.717, 1.165) is 12.1 Å². The lowest BCUT2D eigenvalue weighted by Gasteiger charge is -2.10. The summed E-state index contributed by atoms with van der Waals surface area (Å²) < 4.78 is 27.9. The number of hydrogen-bond donors (Lipinski definition) is 0. The van der Waals surface area contributed by atoms with Gasteiger partial charge in [0.2, 0.25) is 0 Å². The van der Waals surface area contributed by atoms with Crippen molar-refractivity contribution in [3.63, 3.8) is 0 Å².